The molecule has 0 saturated heterocycles. The van der Waals surface area contributed by atoms with E-state index in [9.17, 15) is 22.4 Å². The summed E-state index contributed by atoms with van der Waals surface area (Å²) in [6.45, 7) is 5.15. The lowest BCUT2D eigenvalue weighted by atomic mass is 10.2. The van der Waals surface area contributed by atoms with Gasteiger partial charge in [0.1, 0.15) is 5.82 Å². The fourth-order valence-electron chi connectivity index (χ4n) is 2.69. The van der Waals surface area contributed by atoms with E-state index in [2.05, 4.69) is 5.32 Å². The molecule has 9 heteroatoms. The van der Waals surface area contributed by atoms with Gasteiger partial charge in [-0.3, -0.25) is 4.79 Å². The van der Waals surface area contributed by atoms with Crippen LogP contribution in [0.2, 0.25) is 0 Å². The monoisotopic (exact) mass is 422 g/mol. The first-order valence-corrected chi connectivity index (χ1v) is 10.5. The molecule has 2 aromatic rings. The molecule has 0 aliphatic carbocycles. The number of hydrogen-bond donors (Lipinski definition) is 1. The first kappa shape index (κ1) is 22.5. The van der Waals surface area contributed by atoms with E-state index in [-0.39, 0.29) is 16.1 Å². The van der Waals surface area contributed by atoms with Crippen LogP contribution < -0.4 is 5.32 Å². The molecule has 0 aliphatic rings. The number of nitrogens with zero attached hydrogens (tertiary/aromatic N) is 1. The first-order chi connectivity index (χ1) is 13.7. The Morgan fingerprint density at radius 2 is 1.76 bits per heavy atom. The van der Waals surface area contributed by atoms with Gasteiger partial charge in [0.2, 0.25) is 10.0 Å². The van der Waals surface area contributed by atoms with E-state index in [1.807, 2.05) is 0 Å². The maximum absolute atomic E-state index is 13.6. The van der Waals surface area contributed by atoms with Crippen molar-refractivity contribution in [3.63, 3.8) is 0 Å². The van der Waals surface area contributed by atoms with Crippen LogP contribution in [0.25, 0.3) is 0 Å². The molecule has 7 nitrogen and oxygen atoms in total. The fourth-order valence-corrected chi connectivity index (χ4v) is 4.40. The van der Waals surface area contributed by atoms with Crippen LogP contribution in [0.15, 0.2) is 47.4 Å². The van der Waals surface area contributed by atoms with Gasteiger partial charge in [-0.2, -0.15) is 4.31 Å². The number of carbonyl (C=O) groups is 2. The number of anilines is 1. The molecule has 2 aromatic carbocycles. The van der Waals surface area contributed by atoms with Gasteiger partial charge in [-0.25, -0.2) is 17.6 Å². The number of amides is 1. The van der Waals surface area contributed by atoms with Crippen molar-refractivity contribution in [3.05, 3.63) is 59.4 Å². The van der Waals surface area contributed by atoms with Crippen molar-refractivity contribution in [2.24, 2.45) is 0 Å². The van der Waals surface area contributed by atoms with Crippen LogP contribution in [0.3, 0.4) is 0 Å². The molecule has 0 aliphatic heterocycles. The van der Waals surface area contributed by atoms with Crippen LogP contribution in [0.4, 0.5) is 10.1 Å². The summed E-state index contributed by atoms with van der Waals surface area (Å²) in [5.41, 5.74) is 0.511. The van der Waals surface area contributed by atoms with E-state index >= 15 is 0 Å². The Morgan fingerprint density at radius 3 is 2.38 bits per heavy atom. The van der Waals surface area contributed by atoms with Crippen LogP contribution in [0, 0.1) is 12.7 Å². The number of nitrogens with one attached hydrogen (secondary N) is 1. The molecule has 29 heavy (non-hydrogen) atoms. The van der Waals surface area contributed by atoms with E-state index in [1.54, 1.807) is 32.9 Å². The number of aryl methyl sites for hydroxylation is 1. The van der Waals surface area contributed by atoms with Gasteiger partial charge in [0, 0.05) is 18.8 Å². The Balaban J connectivity index is 2.10. The third-order valence-electron chi connectivity index (χ3n) is 4.22. The van der Waals surface area contributed by atoms with Gasteiger partial charge in [0.25, 0.3) is 5.91 Å². The van der Waals surface area contributed by atoms with Crippen molar-refractivity contribution in [2.75, 3.05) is 25.0 Å². The zero-order valence-electron chi connectivity index (χ0n) is 16.4. The van der Waals surface area contributed by atoms with Gasteiger partial charge in [-0.15, -0.1) is 0 Å². The van der Waals surface area contributed by atoms with E-state index in [0.717, 1.165) is 6.07 Å². The molecule has 0 aromatic heterocycles. The molecule has 0 saturated carbocycles. The van der Waals surface area contributed by atoms with E-state index in [1.165, 1.54) is 28.6 Å². The fraction of sp³-hybridized carbons (Fsp3) is 0.300. The molecule has 0 spiro atoms. The average Bonchev–Trinajstić information content (AvgIpc) is 2.68. The molecular weight excluding hydrogens is 399 g/mol. The molecule has 0 fully saturated rings. The second-order valence-electron chi connectivity index (χ2n) is 6.17. The number of halogens is 1. The highest BCUT2D eigenvalue weighted by molar-refractivity contribution is 7.89. The van der Waals surface area contributed by atoms with E-state index < -0.39 is 34.3 Å². The summed E-state index contributed by atoms with van der Waals surface area (Å²) in [5, 5.41) is 2.49. The van der Waals surface area contributed by atoms with Crippen LogP contribution in [0.1, 0.15) is 29.8 Å². The Bertz CT molecular complexity index is 1000. The van der Waals surface area contributed by atoms with Crippen molar-refractivity contribution in [1.82, 2.24) is 4.31 Å². The second-order valence-corrected chi connectivity index (χ2v) is 8.08. The predicted octanol–water partition coefficient (Wildman–Crippen LogP) is 2.96. The molecule has 0 bridgehead atoms. The zero-order chi connectivity index (χ0) is 21.6. The number of carbonyl (C=O) groups excluding carboxylic acids is 2. The second kappa shape index (κ2) is 9.62. The van der Waals surface area contributed by atoms with Gasteiger partial charge in [0.15, 0.2) is 6.61 Å². The minimum absolute atomic E-state index is 0.0855. The summed E-state index contributed by atoms with van der Waals surface area (Å²) in [7, 11) is -3.70. The Labute approximate surface area is 169 Å². The summed E-state index contributed by atoms with van der Waals surface area (Å²) in [6, 6.07) is 9.76. The van der Waals surface area contributed by atoms with Crippen molar-refractivity contribution in [1.29, 1.82) is 0 Å². The lowest BCUT2D eigenvalue weighted by Gasteiger charge is -2.20. The number of sulfonamides is 1. The summed E-state index contributed by atoms with van der Waals surface area (Å²) < 4.78 is 45.2. The molecule has 0 radical (unpaired) electrons. The Kier molecular flexibility index (Phi) is 7.46. The van der Waals surface area contributed by atoms with Crippen molar-refractivity contribution in [2.45, 2.75) is 25.7 Å². The van der Waals surface area contributed by atoms with Crippen molar-refractivity contribution in [3.8, 4) is 0 Å². The van der Waals surface area contributed by atoms with E-state index in [0.29, 0.717) is 18.7 Å². The number of ether oxygens (including phenoxy) is 1. The lowest BCUT2D eigenvalue weighted by molar-refractivity contribution is -0.119. The molecular formula is C20H23FN2O5S. The van der Waals surface area contributed by atoms with Gasteiger partial charge in [0.05, 0.1) is 10.5 Å². The average molecular weight is 422 g/mol. The van der Waals surface area contributed by atoms with Crippen LogP contribution in [-0.2, 0) is 19.6 Å². The predicted molar refractivity (Wildman–Crippen MR) is 107 cm³/mol. The lowest BCUT2D eigenvalue weighted by Crippen LogP contribution is -2.31. The van der Waals surface area contributed by atoms with Gasteiger partial charge in [-0.1, -0.05) is 32.0 Å². The maximum Gasteiger partial charge on any atom is 0.341 e. The van der Waals surface area contributed by atoms with Gasteiger partial charge < -0.3 is 10.1 Å². The standard InChI is InChI=1S/C20H23FN2O5S/c1-4-23(5-2)29(26,27)18-12-15(11-10-14(18)3)22-19(24)13-28-20(25)16-8-6-7-9-17(16)21/h6-12H,4-5,13H2,1-3H3,(H,22,24). The number of rotatable bonds is 8. The van der Waals surface area contributed by atoms with Gasteiger partial charge in [-0.05, 0) is 36.8 Å². The smallest absolute Gasteiger partial charge is 0.341 e. The van der Waals surface area contributed by atoms with Crippen LogP contribution in [-0.4, -0.2) is 44.3 Å². The molecule has 1 amide bonds. The molecule has 2 rings (SSSR count). The molecule has 0 heterocycles. The highest BCUT2D eigenvalue weighted by Crippen LogP contribution is 2.23. The van der Waals surface area contributed by atoms with E-state index in [4.69, 9.17) is 4.74 Å². The van der Waals surface area contributed by atoms with Crippen molar-refractivity contribution < 1.29 is 27.1 Å². The maximum atomic E-state index is 13.6. The summed E-state index contributed by atoms with van der Waals surface area (Å²) >= 11 is 0. The third-order valence-corrected chi connectivity index (χ3v) is 6.42. The van der Waals surface area contributed by atoms with Gasteiger partial charge >= 0.3 is 5.97 Å². The highest BCUT2D eigenvalue weighted by atomic mass is 32.2. The number of esters is 1. The SMILES string of the molecule is CCN(CC)S(=O)(=O)c1cc(NC(=O)COC(=O)c2ccccc2F)ccc1C. The molecule has 0 unspecified atom stereocenters. The molecule has 0 atom stereocenters. The largest absolute Gasteiger partial charge is 0.452 e. The Hall–Kier alpha value is -2.78. The summed E-state index contributed by atoms with van der Waals surface area (Å²) in [4.78, 5) is 24.0. The summed E-state index contributed by atoms with van der Waals surface area (Å²) in [5.74, 6) is -2.39. The minimum atomic E-state index is -3.70. The zero-order valence-corrected chi connectivity index (χ0v) is 17.3. The van der Waals surface area contributed by atoms with Crippen molar-refractivity contribution >= 4 is 27.6 Å². The first-order valence-electron chi connectivity index (χ1n) is 9.03. The third kappa shape index (κ3) is 5.39. The molecule has 1 N–H and O–H groups in total. The quantitative estimate of drug-likeness (QED) is 0.661. The Morgan fingerprint density at radius 1 is 1.10 bits per heavy atom. The van der Waals surface area contributed by atoms with Crippen LogP contribution >= 0.6 is 0 Å². The summed E-state index contributed by atoms with van der Waals surface area (Å²) in [6.07, 6.45) is 0. The highest BCUT2D eigenvalue weighted by Gasteiger charge is 2.24. The normalized spacial score (nSPS) is 11.3. The minimum Gasteiger partial charge on any atom is -0.452 e. The molecule has 156 valence electrons. The number of benzene rings is 2. The topological polar surface area (TPSA) is 92.8 Å². The van der Waals surface area contributed by atoms with Crippen LogP contribution in [0.5, 0.6) is 0 Å². The number of hydrogen-bond acceptors (Lipinski definition) is 5.